The van der Waals surface area contributed by atoms with Gasteiger partial charge in [0.15, 0.2) is 0 Å². The summed E-state index contributed by atoms with van der Waals surface area (Å²) in [6.07, 6.45) is 4.45. The summed E-state index contributed by atoms with van der Waals surface area (Å²) in [5.74, 6) is -0.334. The molecule has 26 heavy (non-hydrogen) atoms. The first-order chi connectivity index (χ1) is 12.7. The Kier molecular flexibility index (Phi) is 4.31. The molecule has 0 spiro atoms. The Morgan fingerprint density at radius 1 is 1.12 bits per heavy atom. The number of H-pyrrole nitrogens is 1. The maximum atomic E-state index is 13.0. The van der Waals surface area contributed by atoms with Gasteiger partial charge < -0.3 is 4.90 Å². The van der Waals surface area contributed by atoms with E-state index in [1.54, 1.807) is 29.3 Å². The van der Waals surface area contributed by atoms with Gasteiger partial charge in [0.05, 0.1) is 5.69 Å². The van der Waals surface area contributed by atoms with E-state index in [0.29, 0.717) is 24.5 Å². The summed E-state index contributed by atoms with van der Waals surface area (Å²) in [5, 5.41) is 6.99. The van der Waals surface area contributed by atoms with Gasteiger partial charge in [0.1, 0.15) is 17.2 Å². The molecule has 0 saturated carbocycles. The SMILES string of the molecule is O=C(c1cc(-c2ccccn2)n[nH]1)N1CC=C(c2ccc(F)cc2)CC1. The minimum Gasteiger partial charge on any atom is -0.333 e. The average Bonchev–Trinajstić information content (AvgIpc) is 3.19. The first-order valence-electron chi connectivity index (χ1n) is 8.42. The van der Waals surface area contributed by atoms with Crippen LogP contribution in [0.4, 0.5) is 4.39 Å². The lowest BCUT2D eigenvalue weighted by Gasteiger charge is -2.26. The third-order valence-electron chi connectivity index (χ3n) is 4.45. The van der Waals surface area contributed by atoms with Crippen LogP contribution in [0.1, 0.15) is 22.5 Å². The molecule has 1 amide bonds. The van der Waals surface area contributed by atoms with Crippen molar-refractivity contribution < 1.29 is 9.18 Å². The molecule has 1 aliphatic heterocycles. The van der Waals surface area contributed by atoms with Crippen molar-refractivity contribution in [1.82, 2.24) is 20.1 Å². The van der Waals surface area contributed by atoms with Crippen molar-refractivity contribution in [3.8, 4) is 11.4 Å². The number of amides is 1. The second-order valence-electron chi connectivity index (χ2n) is 6.12. The van der Waals surface area contributed by atoms with Crippen molar-refractivity contribution in [2.45, 2.75) is 6.42 Å². The Balaban J connectivity index is 1.47. The Morgan fingerprint density at radius 3 is 2.65 bits per heavy atom. The summed E-state index contributed by atoms with van der Waals surface area (Å²) >= 11 is 0. The van der Waals surface area contributed by atoms with Crippen molar-refractivity contribution in [2.24, 2.45) is 0 Å². The fourth-order valence-corrected chi connectivity index (χ4v) is 3.03. The van der Waals surface area contributed by atoms with E-state index in [4.69, 9.17) is 0 Å². The number of nitrogens with zero attached hydrogens (tertiary/aromatic N) is 3. The van der Waals surface area contributed by atoms with E-state index in [1.165, 1.54) is 12.1 Å². The van der Waals surface area contributed by atoms with Gasteiger partial charge in [-0.05, 0) is 47.9 Å². The molecule has 0 atom stereocenters. The largest absolute Gasteiger partial charge is 0.333 e. The molecule has 0 fully saturated rings. The molecule has 0 saturated heterocycles. The molecule has 2 aromatic heterocycles. The quantitative estimate of drug-likeness (QED) is 0.787. The minimum atomic E-state index is -0.245. The van der Waals surface area contributed by atoms with Crippen LogP contribution in [0.15, 0.2) is 60.8 Å². The number of aromatic nitrogens is 3. The zero-order valence-corrected chi connectivity index (χ0v) is 14.0. The summed E-state index contributed by atoms with van der Waals surface area (Å²) in [7, 11) is 0. The number of aromatic amines is 1. The van der Waals surface area contributed by atoms with E-state index in [1.807, 2.05) is 24.3 Å². The molecule has 3 heterocycles. The minimum absolute atomic E-state index is 0.0888. The van der Waals surface area contributed by atoms with Gasteiger partial charge in [-0.1, -0.05) is 24.3 Å². The molecule has 130 valence electrons. The summed E-state index contributed by atoms with van der Waals surface area (Å²) in [6.45, 7) is 1.13. The van der Waals surface area contributed by atoms with Gasteiger partial charge in [0.2, 0.25) is 0 Å². The molecule has 5 nitrogen and oxygen atoms in total. The predicted octanol–water partition coefficient (Wildman–Crippen LogP) is 3.54. The molecule has 1 aliphatic rings. The van der Waals surface area contributed by atoms with Crippen LogP contribution in [0.25, 0.3) is 17.0 Å². The smallest absolute Gasteiger partial charge is 0.272 e. The zero-order chi connectivity index (χ0) is 17.9. The number of hydrogen-bond donors (Lipinski definition) is 1. The van der Waals surface area contributed by atoms with Gasteiger partial charge in [0, 0.05) is 19.3 Å². The Bertz CT molecular complexity index is 947. The summed E-state index contributed by atoms with van der Waals surface area (Å²) in [6, 6.07) is 13.7. The molecular formula is C20H17FN4O. The molecule has 0 aliphatic carbocycles. The van der Waals surface area contributed by atoms with E-state index in [0.717, 1.165) is 23.3 Å². The van der Waals surface area contributed by atoms with Crippen LogP contribution < -0.4 is 0 Å². The number of pyridine rings is 1. The van der Waals surface area contributed by atoms with Gasteiger partial charge in [0.25, 0.3) is 5.91 Å². The molecule has 1 aromatic carbocycles. The number of carbonyl (C=O) groups is 1. The Labute approximate surface area is 150 Å². The normalized spacial score (nSPS) is 14.2. The third-order valence-corrected chi connectivity index (χ3v) is 4.45. The number of carbonyl (C=O) groups excluding carboxylic acids is 1. The maximum absolute atomic E-state index is 13.0. The molecule has 6 heteroatoms. The van der Waals surface area contributed by atoms with Gasteiger partial charge in [-0.25, -0.2) is 4.39 Å². The van der Waals surface area contributed by atoms with Crippen LogP contribution >= 0.6 is 0 Å². The molecule has 0 radical (unpaired) electrons. The van der Waals surface area contributed by atoms with Crippen molar-refractivity contribution in [3.63, 3.8) is 0 Å². The first-order valence-corrected chi connectivity index (χ1v) is 8.42. The van der Waals surface area contributed by atoms with Gasteiger partial charge in [-0.3, -0.25) is 14.9 Å². The topological polar surface area (TPSA) is 61.9 Å². The Morgan fingerprint density at radius 2 is 1.96 bits per heavy atom. The van der Waals surface area contributed by atoms with Crippen LogP contribution in [0.2, 0.25) is 0 Å². The van der Waals surface area contributed by atoms with E-state index in [9.17, 15) is 9.18 Å². The molecule has 0 unspecified atom stereocenters. The van der Waals surface area contributed by atoms with Gasteiger partial charge in [-0.15, -0.1) is 0 Å². The molecule has 3 aromatic rings. The predicted molar refractivity (Wildman–Crippen MR) is 96.7 cm³/mol. The highest BCUT2D eigenvalue weighted by Gasteiger charge is 2.21. The van der Waals surface area contributed by atoms with E-state index in [2.05, 4.69) is 15.2 Å². The van der Waals surface area contributed by atoms with Crippen molar-refractivity contribution in [2.75, 3.05) is 13.1 Å². The van der Waals surface area contributed by atoms with Crippen molar-refractivity contribution in [3.05, 3.63) is 77.9 Å². The number of halogens is 1. The van der Waals surface area contributed by atoms with Crippen molar-refractivity contribution >= 4 is 11.5 Å². The third kappa shape index (κ3) is 3.26. The van der Waals surface area contributed by atoms with Crippen LogP contribution in [0, 0.1) is 5.82 Å². The van der Waals surface area contributed by atoms with E-state index >= 15 is 0 Å². The number of rotatable bonds is 3. The van der Waals surface area contributed by atoms with E-state index < -0.39 is 0 Å². The second-order valence-corrected chi connectivity index (χ2v) is 6.12. The highest BCUT2D eigenvalue weighted by Crippen LogP contribution is 2.24. The van der Waals surface area contributed by atoms with Crippen molar-refractivity contribution in [1.29, 1.82) is 0 Å². The maximum Gasteiger partial charge on any atom is 0.272 e. The number of hydrogen-bond acceptors (Lipinski definition) is 3. The van der Waals surface area contributed by atoms with Crippen LogP contribution in [0.3, 0.4) is 0 Å². The molecule has 4 rings (SSSR count). The van der Waals surface area contributed by atoms with E-state index in [-0.39, 0.29) is 11.7 Å². The summed E-state index contributed by atoms with van der Waals surface area (Å²) in [4.78, 5) is 18.7. The zero-order valence-electron chi connectivity index (χ0n) is 14.0. The highest BCUT2D eigenvalue weighted by molar-refractivity contribution is 5.94. The molecule has 1 N–H and O–H groups in total. The lowest BCUT2D eigenvalue weighted by atomic mass is 9.99. The van der Waals surface area contributed by atoms with Crippen LogP contribution in [-0.2, 0) is 0 Å². The standard InChI is InChI=1S/C20H17FN4O/c21-16-6-4-14(5-7-16)15-8-11-25(12-9-15)20(26)19-13-18(23-24-19)17-3-1-2-10-22-17/h1-8,10,13H,9,11-12H2,(H,23,24). The van der Waals surface area contributed by atoms with Crippen LogP contribution in [0.5, 0.6) is 0 Å². The lowest BCUT2D eigenvalue weighted by Crippen LogP contribution is -2.34. The fourth-order valence-electron chi connectivity index (χ4n) is 3.03. The second kappa shape index (κ2) is 6.92. The number of benzene rings is 1. The monoisotopic (exact) mass is 348 g/mol. The number of nitrogens with one attached hydrogen (secondary N) is 1. The van der Waals surface area contributed by atoms with Gasteiger partial charge >= 0.3 is 0 Å². The summed E-state index contributed by atoms with van der Waals surface area (Å²) < 4.78 is 13.0. The fraction of sp³-hybridized carbons (Fsp3) is 0.150. The highest BCUT2D eigenvalue weighted by atomic mass is 19.1. The first kappa shape index (κ1) is 16.2. The molecule has 0 bridgehead atoms. The van der Waals surface area contributed by atoms with Gasteiger partial charge in [-0.2, -0.15) is 5.10 Å². The van der Waals surface area contributed by atoms with Crippen LogP contribution in [-0.4, -0.2) is 39.1 Å². The Hall–Kier alpha value is -3.28. The average molecular weight is 348 g/mol. The molecular weight excluding hydrogens is 331 g/mol. The summed E-state index contributed by atoms with van der Waals surface area (Å²) in [5.41, 5.74) is 3.95. The lowest BCUT2D eigenvalue weighted by molar-refractivity contribution is 0.0767.